The highest BCUT2D eigenvalue weighted by Gasteiger charge is 2.21. The Balaban J connectivity index is 1.61. The molecule has 0 spiro atoms. The molecule has 0 fully saturated rings. The van der Waals surface area contributed by atoms with Crippen LogP contribution in [-0.4, -0.2) is 30.3 Å². The Kier molecular flexibility index (Phi) is 8.86. The second kappa shape index (κ2) is 11.6. The molecule has 0 aliphatic rings. The van der Waals surface area contributed by atoms with E-state index in [0.717, 1.165) is 33.1 Å². The van der Waals surface area contributed by atoms with E-state index in [1.54, 1.807) is 18.3 Å². The standard InChI is InChI=1S/C28H35NO4S/c1-7-31-25(27(30)32-8-2)16-21-11-14-24(15-19(21)3)33-17-23-18-34-26(29-23)20-9-12-22(13-10-20)28(4,5)6/h9-15,18,25H,7-8,16-17H2,1-6H3. The van der Waals surface area contributed by atoms with E-state index in [9.17, 15) is 4.79 Å². The van der Waals surface area contributed by atoms with Gasteiger partial charge in [-0.2, -0.15) is 0 Å². The van der Waals surface area contributed by atoms with E-state index >= 15 is 0 Å². The van der Waals surface area contributed by atoms with E-state index in [4.69, 9.17) is 19.2 Å². The summed E-state index contributed by atoms with van der Waals surface area (Å²) in [5.41, 5.74) is 5.55. The number of nitrogens with zero attached hydrogens (tertiary/aromatic N) is 1. The van der Waals surface area contributed by atoms with Gasteiger partial charge in [-0.1, -0.05) is 51.1 Å². The minimum Gasteiger partial charge on any atom is -0.487 e. The summed E-state index contributed by atoms with van der Waals surface area (Å²) in [6.45, 7) is 13.5. The number of hydrogen-bond donors (Lipinski definition) is 0. The Bertz CT molecular complexity index is 1080. The molecule has 1 aromatic heterocycles. The summed E-state index contributed by atoms with van der Waals surface area (Å²) in [5.74, 6) is 0.450. The summed E-state index contributed by atoms with van der Waals surface area (Å²) in [7, 11) is 0. The third-order valence-electron chi connectivity index (χ3n) is 5.57. The predicted molar refractivity (Wildman–Crippen MR) is 138 cm³/mol. The zero-order valence-electron chi connectivity index (χ0n) is 21.0. The van der Waals surface area contributed by atoms with Gasteiger partial charge in [-0.25, -0.2) is 9.78 Å². The molecule has 1 atom stereocenters. The Morgan fingerprint density at radius 2 is 1.79 bits per heavy atom. The fraction of sp³-hybridized carbons (Fsp3) is 0.429. The normalized spacial score (nSPS) is 12.4. The summed E-state index contributed by atoms with van der Waals surface area (Å²) in [6, 6.07) is 14.5. The lowest BCUT2D eigenvalue weighted by Gasteiger charge is -2.18. The highest BCUT2D eigenvalue weighted by molar-refractivity contribution is 7.13. The second-order valence-corrected chi connectivity index (χ2v) is 10.1. The van der Waals surface area contributed by atoms with Crippen molar-refractivity contribution in [2.24, 2.45) is 0 Å². The lowest BCUT2D eigenvalue weighted by atomic mass is 9.87. The number of aryl methyl sites for hydroxylation is 1. The number of thiazole rings is 1. The molecule has 2 aromatic carbocycles. The maximum Gasteiger partial charge on any atom is 0.335 e. The van der Waals surface area contributed by atoms with E-state index < -0.39 is 6.10 Å². The van der Waals surface area contributed by atoms with Crippen LogP contribution in [0.25, 0.3) is 10.6 Å². The molecule has 0 aliphatic carbocycles. The van der Waals surface area contributed by atoms with Gasteiger partial charge in [0.25, 0.3) is 0 Å². The molecular weight excluding hydrogens is 446 g/mol. The van der Waals surface area contributed by atoms with Gasteiger partial charge in [0, 0.05) is 24.0 Å². The van der Waals surface area contributed by atoms with Crippen molar-refractivity contribution in [2.45, 2.75) is 66.1 Å². The first-order valence-electron chi connectivity index (χ1n) is 11.8. The van der Waals surface area contributed by atoms with E-state index in [0.29, 0.717) is 26.2 Å². The third-order valence-corrected chi connectivity index (χ3v) is 6.51. The number of ether oxygens (including phenoxy) is 3. The molecule has 34 heavy (non-hydrogen) atoms. The largest absolute Gasteiger partial charge is 0.487 e. The first kappa shape index (κ1) is 25.9. The van der Waals surface area contributed by atoms with E-state index in [2.05, 4.69) is 45.0 Å². The Morgan fingerprint density at radius 1 is 1.06 bits per heavy atom. The molecule has 3 rings (SSSR count). The van der Waals surface area contributed by atoms with Gasteiger partial charge < -0.3 is 14.2 Å². The summed E-state index contributed by atoms with van der Waals surface area (Å²) >= 11 is 1.63. The Labute approximate surface area is 207 Å². The molecule has 0 radical (unpaired) electrons. The van der Waals surface area contributed by atoms with E-state index in [1.807, 2.05) is 37.4 Å². The summed E-state index contributed by atoms with van der Waals surface area (Å²) in [4.78, 5) is 16.9. The van der Waals surface area contributed by atoms with Crippen molar-refractivity contribution >= 4 is 17.3 Å². The van der Waals surface area contributed by atoms with E-state index in [-0.39, 0.29) is 11.4 Å². The van der Waals surface area contributed by atoms with Crippen LogP contribution in [0.5, 0.6) is 5.75 Å². The van der Waals surface area contributed by atoms with E-state index in [1.165, 1.54) is 5.56 Å². The first-order chi connectivity index (χ1) is 16.2. The van der Waals surface area contributed by atoms with Crippen LogP contribution in [0.2, 0.25) is 0 Å². The zero-order valence-corrected chi connectivity index (χ0v) is 21.8. The molecule has 0 aliphatic heterocycles. The summed E-state index contributed by atoms with van der Waals surface area (Å²) in [5, 5.41) is 3.03. The monoisotopic (exact) mass is 481 g/mol. The number of esters is 1. The molecule has 5 nitrogen and oxygen atoms in total. The van der Waals surface area contributed by atoms with Crippen LogP contribution >= 0.6 is 11.3 Å². The van der Waals surface area contributed by atoms with Crippen molar-refractivity contribution in [2.75, 3.05) is 13.2 Å². The highest BCUT2D eigenvalue weighted by Crippen LogP contribution is 2.28. The third kappa shape index (κ3) is 6.90. The number of rotatable bonds is 10. The number of hydrogen-bond acceptors (Lipinski definition) is 6. The number of carbonyl (C=O) groups excluding carboxylic acids is 1. The molecule has 0 N–H and O–H groups in total. The lowest BCUT2D eigenvalue weighted by Crippen LogP contribution is -2.29. The fourth-order valence-electron chi connectivity index (χ4n) is 3.61. The maximum absolute atomic E-state index is 12.2. The number of aromatic nitrogens is 1. The van der Waals surface area contributed by atoms with Crippen molar-refractivity contribution in [1.82, 2.24) is 4.98 Å². The van der Waals surface area contributed by atoms with Crippen LogP contribution < -0.4 is 4.74 Å². The smallest absolute Gasteiger partial charge is 0.335 e. The molecular formula is C28H35NO4S. The van der Waals surface area contributed by atoms with Gasteiger partial charge in [-0.15, -0.1) is 11.3 Å². The molecule has 0 amide bonds. The Hall–Kier alpha value is -2.70. The van der Waals surface area contributed by atoms with Gasteiger partial charge >= 0.3 is 5.97 Å². The van der Waals surface area contributed by atoms with Crippen molar-refractivity contribution < 1.29 is 19.0 Å². The van der Waals surface area contributed by atoms with Gasteiger partial charge in [0.05, 0.1) is 12.3 Å². The molecule has 182 valence electrons. The molecule has 1 heterocycles. The second-order valence-electron chi connectivity index (χ2n) is 9.25. The SMILES string of the molecule is CCOC(=O)C(Cc1ccc(OCc2csc(-c3ccc(C(C)(C)C)cc3)n2)cc1C)OCC. The number of carbonyl (C=O) groups is 1. The average molecular weight is 482 g/mol. The minimum atomic E-state index is -0.596. The van der Waals surface area contributed by atoms with Gasteiger partial charge in [-0.05, 0) is 55.0 Å². The highest BCUT2D eigenvalue weighted by atomic mass is 32.1. The first-order valence-corrected chi connectivity index (χ1v) is 12.6. The maximum atomic E-state index is 12.2. The number of benzene rings is 2. The van der Waals surface area contributed by atoms with Gasteiger partial charge in [0.2, 0.25) is 0 Å². The molecule has 3 aromatic rings. The van der Waals surface area contributed by atoms with Crippen LogP contribution in [0.1, 0.15) is 57.0 Å². The van der Waals surface area contributed by atoms with Crippen molar-refractivity contribution in [3.8, 4) is 16.3 Å². The van der Waals surface area contributed by atoms with Gasteiger partial charge in [-0.3, -0.25) is 0 Å². The molecule has 6 heteroatoms. The summed E-state index contributed by atoms with van der Waals surface area (Å²) < 4.78 is 16.7. The molecule has 1 unspecified atom stereocenters. The summed E-state index contributed by atoms with van der Waals surface area (Å²) in [6.07, 6.45) is -0.122. The van der Waals surface area contributed by atoms with Crippen LogP contribution in [-0.2, 0) is 32.7 Å². The predicted octanol–water partition coefficient (Wildman–Crippen LogP) is 6.51. The topological polar surface area (TPSA) is 57.7 Å². The van der Waals surface area contributed by atoms with Crippen LogP contribution in [0.3, 0.4) is 0 Å². The molecule has 0 saturated heterocycles. The van der Waals surface area contributed by atoms with Crippen molar-refractivity contribution in [1.29, 1.82) is 0 Å². The minimum absolute atomic E-state index is 0.136. The van der Waals surface area contributed by atoms with Crippen LogP contribution in [0.15, 0.2) is 47.8 Å². The van der Waals surface area contributed by atoms with Crippen LogP contribution in [0.4, 0.5) is 0 Å². The molecule has 0 bridgehead atoms. The van der Waals surface area contributed by atoms with Crippen LogP contribution in [0, 0.1) is 6.92 Å². The average Bonchev–Trinajstić information content (AvgIpc) is 3.27. The van der Waals surface area contributed by atoms with Crippen molar-refractivity contribution in [3.63, 3.8) is 0 Å². The van der Waals surface area contributed by atoms with Gasteiger partial charge in [0.15, 0.2) is 6.10 Å². The van der Waals surface area contributed by atoms with Gasteiger partial charge in [0.1, 0.15) is 17.4 Å². The lowest BCUT2D eigenvalue weighted by molar-refractivity contribution is -0.156. The zero-order chi connectivity index (χ0) is 24.7. The Morgan fingerprint density at radius 3 is 2.41 bits per heavy atom. The van der Waals surface area contributed by atoms with Crippen molar-refractivity contribution in [3.05, 3.63) is 70.2 Å². The molecule has 0 saturated carbocycles. The fourth-order valence-corrected chi connectivity index (χ4v) is 4.42. The quantitative estimate of drug-likeness (QED) is 0.309.